The largest absolute Gasteiger partial charge is 0.492 e. The average molecular weight is 242 g/mol. The Morgan fingerprint density at radius 1 is 1.62 bits per heavy atom. The maximum atomic E-state index is 10.7. The van der Waals surface area contributed by atoms with Gasteiger partial charge >= 0.3 is 0 Å². The van der Waals surface area contributed by atoms with Crippen molar-refractivity contribution in [2.24, 2.45) is 0 Å². The molecule has 0 spiro atoms. The topological polar surface area (TPSA) is 58.6 Å². The second kappa shape index (κ2) is 6.15. The lowest BCUT2D eigenvalue weighted by Gasteiger charge is -2.05. The van der Waals surface area contributed by atoms with E-state index >= 15 is 0 Å². The van der Waals surface area contributed by atoms with Crippen LogP contribution in [0.5, 0.6) is 5.75 Å². The van der Waals surface area contributed by atoms with Gasteiger partial charge in [0.1, 0.15) is 5.75 Å². The molecule has 5 heteroatoms. The molecule has 0 unspecified atom stereocenters. The summed E-state index contributed by atoms with van der Waals surface area (Å²) >= 11 is 5.95. The number of ether oxygens (including phenoxy) is 1. The number of carbonyl (C=O) groups is 1. The maximum absolute atomic E-state index is 10.7. The molecule has 0 aromatic heterocycles. The Bertz CT molecular complexity index is 404. The van der Waals surface area contributed by atoms with Crippen molar-refractivity contribution in [1.82, 2.24) is 5.48 Å². The molecule has 86 valence electrons. The first-order valence-electron chi connectivity index (χ1n) is 4.72. The summed E-state index contributed by atoms with van der Waals surface area (Å²) < 4.78 is 5.26. The molecule has 16 heavy (non-hydrogen) atoms. The van der Waals surface area contributed by atoms with Crippen LogP contribution in [0.4, 0.5) is 0 Å². The molecule has 0 fully saturated rings. The highest BCUT2D eigenvalue weighted by Gasteiger charge is 2.00. The summed E-state index contributed by atoms with van der Waals surface area (Å²) in [5, 5.41) is 8.76. The fourth-order valence-electron chi connectivity index (χ4n) is 1.10. The molecular formula is C11H12ClNO3. The minimum atomic E-state index is -0.593. The summed E-state index contributed by atoms with van der Waals surface area (Å²) in [5.74, 6) is 0.0120. The highest BCUT2D eigenvalue weighted by molar-refractivity contribution is 6.32. The van der Waals surface area contributed by atoms with Crippen molar-refractivity contribution in [3.63, 3.8) is 0 Å². The van der Waals surface area contributed by atoms with Gasteiger partial charge in [0.2, 0.25) is 0 Å². The number of hydrogen-bond donors (Lipinski definition) is 2. The third kappa shape index (κ3) is 3.56. The van der Waals surface area contributed by atoms with Crippen LogP contribution in [0.1, 0.15) is 12.5 Å². The van der Waals surface area contributed by atoms with E-state index in [1.165, 1.54) is 17.6 Å². The molecule has 2 N–H and O–H groups in total. The van der Waals surface area contributed by atoms with E-state index < -0.39 is 5.91 Å². The minimum absolute atomic E-state index is 0.480. The standard InChI is InChI=1S/C11H12ClNO3/c1-2-16-10-5-3-8(7-9(10)12)4-6-11(14)13-15/h3-7,15H,2H2,1H3,(H,13,14)/b6-4+. The number of carbonyl (C=O) groups excluding carboxylic acids is 1. The molecule has 1 aromatic rings. The smallest absolute Gasteiger partial charge is 0.267 e. The van der Waals surface area contributed by atoms with Crippen LogP contribution in [-0.2, 0) is 4.79 Å². The predicted octanol–water partition coefficient (Wildman–Crippen LogP) is 2.26. The van der Waals surface area contributed by atoms with Gasteiger partial charge in [-0.3, -0.25) is 10.0 Å². The molecular weight excluding hydrogens is 230 g/mol. The van der Waals surface area contributed by atoms with E-state index in [-0.39, 0.29) is 0 Å². The Morgan fingerprint density at radius 3 is 2.94 bits per heavy atom. The zero-order chi connectivity index (χ0) is 12.0. The highest BCUT2D eigenvalue weighted by Crippen LogP contribution is 2.25. The van der Waals surface area contributed by atoms with Gasteiger partial charge in [0.05, 0.1) is 11.6 Å². The number of rotatable bonds is 4. The van der Waals surface area contributed by atoms with Gasteiger partial charge in [0, 0.05) is 6.08 Å². The van der Waals surface area contributed by atoms with E-state index in [2.05, 4.69) is 0 Å². The Hall–Kier alpha value is -1.52. The first kappa shape index (κ1) is 12.5. The van der Waals surface area contributed by atoms with Crippen molar-refractivity contribution < 1.29 is 14.7 Å². The van der Waals surface area contributed by atoms with Crippen LogP contribution in [0.25, 0.3) is 6.08 Å². The lowest BCUT2D eigenvalue weighted by atomic mass is 10.2. The molecule has 0 aliphatic heterocycles. The van der Waals surface area contributed by atoms with Gasteiger partial charge in [-0.05, 0) is 30.7 Å². The van der Waals surface area contributed by atoms with E-state index in [0.29, 0.717) is 17.4 Å². The van der Waals surface area contributed by atoms with Gasteiger partial charge in [-0.25, -0.2) is 5.48 Å². The molecule has 1 amide bonds. The second-order valence-electron chi connectivity index (χ2n) is 2.93. The molecule has 4 nitrogen and oxygen atoms in total. The Kier molecular flexibility index (Phi) is 4.82. The summed E-state index contributed by atoms with van der Waals surface area (Å²) in [5.41, 5.74) is 2.25. The monoisotopic (exact) mass is 241 g/mol. The SMILES string of the molecule is CCOc1ccc(/C=C/C(=O)NO)cc1Cl. The number of amides is 1. The van der Waals surface area contributed by atoms with Gasteiger partial charge in [0.15, 0.2) is 0 Å². The number of hydrogen-bond acceptors (Lipinski definition) is 3. The average Bonchev–Trinajstić information content (AvgIpc) is 2.29. The highest BCUT2D eigenvalue weighted by atomic mass is 35.5. The third-order valence-electron chi connectivity index (χ3n) is 1.79. The van der Waals surface area contributed by atoms with Gasteiger partial charge in [-0.15, -0.1) is 0 Å². The van der Waals surface area contributed by atoms with E-state index in [9.17, 15) is 4.79 Å². The van der Waals surface area contributed by atoms with Gasteiger partial charge in [0.25, 0.3) is 5.91 Å². The molecule has 0 aliphatic carbocycles. The maximum Gasteiger partial charge on any atom is 0.267 e. The van der Waals surface area contributed by atoms with Crippen LogP contribution in [0, 0.1) is 0 Å². The molecule has 0 bridgehead atoms. The quantitative estimate of drug-likeness (QED) is 0.483. The number of halogens is 1. The molecule has 0 radical (unpaired) electrons. The zero-order valence-electron chi connectivity index (χ0n) is 8.74. The first-order chi connectivity index (χ1) is 7.67. The zero-order valence-corrected chi connectivity index (χ0v) is 9.49. The fraction of sp³-hybridized carbons (Fsp3) is 0.182. The summed E-state index contributed by atoms with van der Waals surface area (Å²) in [6, 6.07) is 5.16. The lowest BCUT2D eigenvalue weighted by Crippen LogP contribution is -2.14. The Labute approximate surface area is 98.4 Å². The third-order valence-corrected chi connectivity index (χ3v) is 2.09. The van der Waals surface area contributed by atoms with Crippen molar-refractivity contribution in [1.29, 1.82) is 0 Å². The molecule has 0 heterocycles. The Morgan fingerprint density at radius 2 is 2.38 bits per heavy atom. The summed E-state index contributed by atoms with van der Waals surface area (Å²) in [4.78, 5) is 10.7. The van der Waals surface area contributed by atoms with Crippen molar-refractivity contribution in [3.8, 4) is 5.75 Å². The van der Waals surface area contributed by atoms with E-state index in [1.54, 1.807) is 18.2 Å². The van der Waals surface area contributed by atoms with Crippen molar-refractivity contribution in [2.45, 2.75) is 6.92 Å². The van der Waals surface area contributed by atoms with Crippen LogP contribution in [0.3, 0.4) is 0 Å². The molecule has 1 aromatic carbocycles. The summed E-state index contributed by atoms with van der Waals surface area (Å²) in [7, 11) is 0. The number of benzene rings is 1. The van der Waals surface area contributed by atoms with Gasteiger partial charge in [-0.1, -0.05) is 17.7 Å². The van der Waals surface area contributed by atoms with Crippen LogP contribution in [0.2, 0.25) is 5.02 Å². The van der Waals surface area contributed by atoms with E-state index in [1.807, 2.05) is 6.92 Å². The number of nitrogens with one attached hydrogen (secondary N) is 1. The van der Waals surface area contributed by atoms with E-state index in [0.717, 1.165) is 5.56 Å². The van der Waals surface area contributed by atoms with Crippen molar-refractivity contribution >= 4 is 23.6 Å². The second-order valence-corrected chi connectivity index (χ2v) is 3.34. The van der Waals surface area contributed by atoms with Crippen LogP contribution >= 0.6 is 11.6 Å². The molecule has 0 saturated heterocycles. The minimum Gasteiger partial charge on any atom is -0.492 e. The summed E-state index contributed by atoms with van der Waals surface area (Å²) in [6.07, 6.45) is 2.74. The molecule has 1 rings (SSSR count). The van der Waals surface area contributed by atoms with Gasteiger partial charge < -0.3 is 4.74 Å². The van der Waals surface area contributed by atoms with Crippen molar-refractivity contribution in [2.75, 3.05) is 6.61 Å². The van der Waals surface area contributed by atoms with Crippen molar-refractivity contribution in [3.05, 3.63) is 34.9 Å². The molecule has 0 aliphatic rings. The molecule has 0 atom stereocenters. The predicted molar refractivity (Wildman–Crippen MR) is 61.6 cm³/mol. The normalized spacial score (nSPS) is 10.4. The number of hydroxylamine groups is 1. The van der Waals surface area contributed by atoms with Crippen LogP contribution < -0.4 is 10.2 Å². The first-order valence-corrected chi connectivity index (χ1v) is 5.09. The lowest BCUT2D eigenvalue weighted by molar-refractivity contribution is -0.124. The fourth-order valence-corrected chi connectivity index (χ4v) is 1.35. The van der Waals surface area contributed by atoms with Crippen LogP contribution in [-0.4, -0.2) is 17.7 Å². The molecule has 0 saturated carbocycles. The van der Waals surface area contributed by atoms with Gasteiger partial charge in [-0.2, -0.15) is 0 Å². The van der Waals surface area contributed by atoms with Crippen LogP contribution in [0.15, 0.2) is 24.3 Å². The summed E-state index contributed by atoms with van der Waals surface area (Å²) in [6.45, 7) is 2.41. The van der Waals surface area contributed by atoms with E-state index in [4.69, 9.17) is 21.5 Å². The Balaban J connectivity index is 2.81.